The van der Waals surface area contributed by atoms with Crippen LogP contribution in [-0.4, -0.2) is 79.1 Å². The van der Waals surface area contributed by atoms with Gasteiger partial charge in [0.1, 0.15) is 15.9 Å². The molecule has 2 heterocycles. The summed E-state index contributed by atoms with van der Waals surface area (Å²) in [5.41, 5.74) is 1.01. The van der Waals surface area contributed by atoms with Crippen LogP contribution in [0.25, 0.3) is 11.0 Å². The second-order valence-corrected chi connectivity index (χ2v) is 8.31. The minimum absolute atomic E-state index is 0.216. The molecule has 1 aromatic carbocycles. The van der Waals surface area contributed by atoms with Crippen LogP contribution in [0, 0.1) is 0 Å². The monoisotopic (exact) mass is 367 g/mol. The Hall–Kier alpha value is -1.55. The average Bonchev–Trinajstić information content (AvgIpc) is 2.99. The third kappa shape index (κ3) is 4.17. The molecule has 25 heavy (non-hydrogen) atoms. The smallest absolute Gasteiger partial charge is 0.245 e. The van der Waals surface area contributed by atoms with Crippen molar-refractivity contribution in [2.75, 3.05) is 46.4 Å². The van der Waals surface area contributed by atoms with Crippen molar-refractivity contribution in [3.63, 3.8) is 0 Å². The molecule has 2 aromatic rings. The SMILES string of the molecule is CN(CCCCN1CCOCC1)S(=O)(=O)c1cccc2nn(C)nc12. The van der Waals surface area contributed by atoms with Crippen LogP contribution < -0.4 is 0 Å². The Morgan fingerprint density at radius 2 is 1.96 bits per heavy atom. The first-order chi connectivity index (χ1) is 12.0. The molecule has 0 amide bonds. The van der Waals surface area contributed by atoms with Gasteiger partial charge >= 0.3 is 0 Å². The maximum absolute atomic E-state index is 12.9. The van der Waals surface area contributed by atoms with Gasteiger partial charge in [-0.2, -0.15) is 15.0 Å². The van der Waals surface area contributed by atoms with Crippen molar-refractivity contribution in [3.05, 3.63) is 18.2 Å². The lowest BCUT2D eigenvalue weighted by atomic mass is 10.3. The first-order valence-corrected chi connectivity index (χ1v) is 9.99. The topological polar surface area (TPSA) is 80.6 Å². The summed E-state index contributed by atoms with van der Waals surface area (Å²) >= 11 is 0. The molecule has 0 atom stereocenters. The Morgan fingerprint density at radius 3 is 2.72 bits per heavy atom. The van der Waals surface area contributed by atoms with Gasteiger partial charge in [-0.3, -0.25) is 4.90 Å². The summed E-state index contributed by atoms with van der Waals surface area (Å²) in [5.74, 6) is 0. The van der Waals surface area contributed by atoms with Gasteiger partial charge in [-0.15, -0.1) is 0 Å². The second-order valence-electron chi connectivity index (χ2n) is 6.30. The molecule has 0 spiro atoms. The van der Waals surface area contributed by atoms with Gasteiger partial charge < -0.3 is 4.74 Å². The van der Waals surface area contributed by atoms with E-state index < -0.39 is 10.0 Å². The van der Waals surface area contributed by atoms with Gasteiger partial charge in [0.25, 0.3) is 0 Å². The van der Waals surface area contributed by atoms with Crippen molar-refractivity contribution in [1.29, 1.82) is 0 Å². The van der Waals surface area contributed by atoms with E-state index >= 15 is 0 Å². The number of nitrogens with zero attached hydrogens (tertiary/aromatic N) is 5. The third-order valence-corrected chi connectivity index (χ3v) is 6.35. The highest BCUT2D eigenvalue weighted by atomic mass is 32.2. The lowest BCUT2D eigenvalue weighted by Crippen LogP contribution is -2.37. The number of hydrogen-bond donors (Lipinski definition) is 0. The molecule has 9 heteroatoms. The second kappa shape index (κ2) is 7.77. The van der Waals surface area contributed by atoms with Gasteiger partial charge in [-0.1, -0.05) is 6.07 Å². The summed E-state index contributed by atoms with van der Waals surface area (Å²) in [7, 11) is -0.263. The normalized spacial score (nSPS) is 16.8. The van der Waals surface area contributed by atoms with Crippen LogP contribution in [0.5, 0.6) is 0 Å². The van der Waals surface area contributed by atoms with Gasteiger partial charge in [0.15, 0.2) is 0 Å². The molecule has 1 aliphatic heterocycles. The molecule has 1 saturated heterocycles. The van der Waals surface area contributed by atoms with E-state index in [0.717, 1.165) is 45.7 Å². The maximum atomic E-state index is 12.9. The quantitative estimate of drug-likeness (QED) is 0.670. The van der Waals surface area contributed by atoms with Crippen LogP contribution in [-0.2, 0) is 21.8 Å². The first-order valence-electron chi connectivity index (χ1n) is 8.55. The van der Waals surface area contributed by atoms with E-state index in [-0.39, 0.29) is 4.90 Å². The fourth-order valence-electron chi connectivity index (χ4n) is 3.01. The Bertz CT molecular complexity index is 814. The number of aromatic nitrogens is 3. The Kier molecular flexibility index (Phi) is 5.67. The summed E-state index contributed by atoms with van der Waals surface area (Å²) in [5, 5.41) is 8.38. The van der Waals surface area contributed by atoms with E-state index in [1.54, 1.807) is 32.3 Å². The predicted molar refractivity (Wildman–Crippen MR) is 94.8 cm³/mol. The van der Waals surface area contributed by atoms with Crippen LogP contribution in [0.2, 0.25) is 0 Å². The molecule has 1 aliphatic rings. The Balaban J connectivity index is 1.61. The number of benzene rings is 1. The summed E-state index contributed by atoms with van der Waals surface area (Å²) in [6.07, 6.45) is 1.79. The minimum atomic E-state index is -3.57. The highest BCUT2D eigenvalue weighted by Crippen LogP contribution is 2.22. The van der Waals surface area contributed by atoms with E-state index in [2.05, 4.69) is 15.1 Å². The molecule has 0 bridgehead atoms. The third-order valence-electron chi connectivity index (χ3n) is 4.46. The molecule has 0 aliphatic carbocycles. The molecule has 1 fully saturated rings. The summed E-state index contributed by atoms with van der Waals surface area (Å²) in [6, 6.07) is 5.07. The molecule has 0 saturated carbocycles. The van der Waals surface area contributed by atoms with Gasteiger partial charge in [0.2, 0.25) is 10.0 Å². The number of sulfonamides is 1. The van der Waals surface area contributed by atoms with Crippen molar-refractivity contribution >= 4 is 21.1 Å². The van der Waals surface area contributed by atoms with Gasteiger partial charge in [-0.05, 0) is 31.5 Å². The highest BCUT2D eigenvalue weighted by Gasteiger charge is 2.24. The minimum Gasteiger partial charge on any atom is -0.379 e. The van der Waals surface area contributed by atoms with E-state index in [9.17, 15) is 8.42 Å². The zero-order chi connectivity index (χ0) is 17.9. The average molecular weight is 367 g/mol. The summed E-state index contributed by atoms with van der Waals surface area (Å²) < 4.78 is 32.5. The van der Waals surface area contributed by atoms with E-state index in [4.69, 9.17) is 4.74 Å². The van der Waals surface area contributed by atoms with E-state index in [0.29, 0.717) is 17.6 Å². The number of hydrogen-bond acceptors (Lipinski definition) is 6. The van der Waals surface area contributed by atoms with Crippen LogP contribution in [0.3, 0.4) is 0 Å². The molecule has 138 valence electrons. The molecule has 3 rings (SSSR count). The zero-order valence-corrected chi connectivity index (χ0v) is 15.6. The van der Waals surface area contributed by atoms with Crippen LogP contribution in [0.15, 0.2) is 23.1 Å². The van der Waals surface area contributed by atoms with Gasteiger partial charge in [0.05, 0.1) is 13.2 Å². The Morgan fingerprint density at radius 1 is 1.20 bits per heavy atom. The molecular weight excluding hydrogens is 342 g/mol. The molecular formula is C16H25N5O3S. The van der Waals surface area contributed by atoms with Gasteiger partial charge in [0, 0.05) is 33.7 Å². The predicted octanol–water partition coefficient (Wildman–Crippen LogP) is 0.701. The van der Waals surface area contributed by atoms with E-state index in [1.165, 1.54) is 9.10 Å². The van der Waals surface area contributed by atoms with Gasteiger partial charge in [-0.25, -0.2) is 12.7 Å². The largest absolute Gasteiger partial charge is 0.379 e. The zero-order valence-electron chi connectivity index (χ0n) is 14.8. The summed E-state index contributed by atoms with van der Waals surface area (Å²) in [6.45, 7) is 4.97. The fourth-order valence-corrected chi connectivity index (χ4v) is 4.35. The standard InChI is InChI=1S/C16H25N5O3S/c1-19(8-3-4-9-21-10-12-24-13-11-21)25(22,23)15-7-5-6-14-16(15)18-20(2)17-14/h5-7H,3-4,8-13H2,1-2H3. The molecule has 1 aromatic heterocycles. The highest BCUT2D eigenvalue weighted by molar-refractivity contribution is 7.89. The lowest BCUT2D eigenvalue weighted by Gasteiger charge is -2.26. The number of rotatable bonds is 7. The van der Waals surface area contributed by atoms with Crippen molar-refractivity contribution in [1.82, 2.24) is 24.2 Å². The van der Waals surface area contributed by atoms with E-state index in [1.807, 2.05) is 0 Å². The Labute approximate surface area is 148 Å². The number of unbranched alkanes of at least 4 members (excludes halogenated alkanes) is 1. The van der Waals surface area contributed by atoms with Crippen LogP contribution in [0.4, 0.5) is 0 Å². The maximum Gasteiger partial charge on any atom is 0.245 e. The molecule has 0 N–H and O–H groups in total. The number of aryl methyl sites for hydroxylation is 1. The van der Waals surface area contributed by atoms with Crippen molar-refractivity contribution in [3.8, 4) is 0 Å². The number of fused-ring (bicyclic) bond motifs is 1. The first kappa shape index (κ1) is 18.2. The fraction of sp³-hybridized carbons (Fsp3) is 0.625. The lowest BCUT2D eigenvalue weighted by molar-refractivity contribution is 0.0371. The van der Waals surface area contributed by atoms with Crippen molar-refractivity contribution in [2.45, 2.75) is 17.7 Å². The molecule has 8 nitrogen and oxygen atoms in total. The van der Waals surface area contributed by atoms with Crippen molar-refractivity contribution in [2.24, 2.45) is 7.05 Å². The molecule has 0 radical (unpaired) electrons. The van der Waals surface area contributed by atoms with Crippen LogP contribution >= 0.6 is 0 Å². The molecule has 0 unspecified atom stereocenters. The number of ether oxygens (including phenoxy) is 1. The number of morpholine rings is 1. The summed E-state index contributed by atoms with van der Waals surface area (Å²) in [4.78, 5) is 3.97. The van der Waals surface area contributed by atoms with Crippen LogP contribution in [0.1, 0.15) is 12.8 Å². The van der Waals surface area contributed by atoms with Crippen molar-refractivity contribution < 1.29 is 13.2 Å².